The number of hydrogen-bond acceptors (Lipinski definition) is 2. The van der Waals surface area contributed by atoms with Gasteiger partial charge in [-0.15, -0.1) is 0 Å². The molecular weight excluding hydrogens is 533 g/mol. The van der Waals surface area contributed by atoms with Crippen molar-refractivity contribution in [3.63, 3.8) is 0 Å². The molecule has 2 heterocycles. The van der Waals surface area contributed by atoms with E-state index in [2.05, 4.69) is 90.0 Å². The van der Waals surface area contributed by atoms with E-state index >= 15 is 0 Å². The summed E-state index contributed by atoms with van der Waals surface area (Å²) in [6, 6.07) is 23.9. The van der Waals surface area contributed by atoms with Crippen LogP contribution >= 0.6 is 11.3 Å². The second-order valence-electron chi connectivity index (χ2n) is 7.46. The third-order valence-electron chi connectivity index (χ3n) is 5.36. The normalized spacial score (nSPS) is 16.9. The topological polar surface area (TPSA) is 12.4 Å². The van der Waals surface area contributed by atoms with Crippen LogP contribution in [0.2, 0.25) is 0 Å². The van der Waals surface area contributed by atoms with Gasteiger partial charge in [-0.2, -0.15) is 0 Å². The summed E-state index contributed by atoms with van der Waals surface area (Å²) >= 11 is 3.47. The van der Waals surface area contributed by atoms with E-state index in [1.165, 1.54) is 37.6 Å². The Kier molecular flexibility index (Phi) is 8.47. The molecule has 1 unspecified atom stereocenters. The molecule has 0 bridgehead atoms. The van der Waals surface area contributed by atoms with E-state index in [9.17, 15) is 0 Å². The molecule has 2 aliphatic carbocycles. The Morgan fingerprint density at radius 2 is 1.56 bits per heavy atom. The van der Waals surface area contributed by atoms with Crippen LogP contribution in [0.3, 0.4) is 0 Å². The number of hydrogen-bond donors (Lipinski definition) is 0. The van der Waals surface area contributed by atoms with Gasteiger partial charge in [-0.3, -0.25) is 4.99 Å². The fourth-order valence-electron chi connectivity index (χ4n) is 3.88. The van der Waals surface area contributed by atoms with Gasteiger partial charge in [0.15, 0.2) is 0 Å². The second kappa shape index (κ2) is 10.9. The van der Waals surface area contributed by atoms with Gasteiger partial charge < -0.3 is 24.8 Å². The molecule has 2 aromatic carbocycles. The standard InChI is InChI=1S/C19H13S.C8H7N.2ClH.Zr/c1-2-6-14(7-3-1)18-10-11-19(20-18)17-12-15-8-4-5-9-16(15)13-17;1-6-5-7-3-2-4-8(7)9-6;;;/h1-13H;2-5H,1H3;2*1H;/q;;;;+2/p-2. The fourth-order valence-corrected chi connectivity index (χ4v) is 6.43. The fraction of sp³-hybridized carbons (Fsp3) is 0.0741. The van der Waals surface area contributed by atoms with Crippen molar-refractivity contribution in [3.05, 3.63) is 118 Å². The summed E-state index contributed by atoms with van der Waals surface area (Å²) in [6.45, 7) is 2.01. The molecule has 157 valence electrons. The minimum atomic E-state index is 0. The minimum absolute atomic E-state index is 0. The maximum absolute atomic E-state index is 4.27. The Hall–Kier alpha value is -1.77. The van der Waals surface area contributed by atoms with Crippen LogP contribution in [0.25, 0.3) is 22.1 Å². The molecule has 0 radical (unpaired) electrons. The van der Waals surface area contributed by atoms with E-state index in [4.69, 9.17) is 0 Å². The molecule has 1 atom stereocenters. The Morgan fingerprint density at radius 1 is 0.844 bits per heavy atom. The van der Waals surface area contributed by atoms with Crippen LogP contribution in [0.15, 0.2) is 107 Å². The van der Waals surface area contributed by atoms with Crippen molar-refractivity contribution in [1.82, 2.24) is 0 Å². The number of benzene rings is 2. The Labute approximate surface area is 221 Å². The van der Waals surface area contributed by atoms with Crippen LogP contribution in [0, 0.1) is 0 Å². The van der Waals surface area contributed by atoms with Crippen LogP contribution in [0.5, 0.6) is 0 Å². The summed E-state index contributed by atoms with van der Waals surface area (Å²) in [4.78, 5) is 7.03. The molecule has 0 saturated heterocycles. The van der Waals surface area contributed by atoms with Crippen LogP contribution in [-0.2, 0) is 24.7 Å². The average molecular weight is 553 g/mol. The van der Waals surface area contributed by atoms with Crippen molar-refractivity contribution in [2.24, 2.45) is 4.99 Å². The van der Waals surface area contributed by atoms with Gasteiger partial charge in [-0.05, 0) is 19.1 Å². The van der Waals surface area contributed by atoms with Crippen molar-refractivity contribution in [2.75, 3.05) is 0 Å². The van der Waals surface area contributed by atoms with Crippen molar-refractivity contribution in [1.29, 1.82) is 0 Å². The molecule has 0 saturated carbocycles. The molecule has 5 heteroatoms. The predicted molar refractivity (Wildman–Crippen MR) is 125 cm³/mol. The molecule has 0 N–H and O–H groups in total. The number of aliphatic imine (C=N–C) groups is 1. The first-order chi connectivity index (χ1) is 14.7. The summed E-state index contributed by atoms with van der Waals surface area (Å²) in [7, 11) is 0. The second-order valence-corrected chi connectivity index (χ2v) is 9.96. The Bertz CT molecular complexity index is 1270. The van der Waals surface area contributed by atoms with E-state index in [0.717, 1.165) is 11.4 Å². The van der Waals surface area contributed by atoms with Gasteiger partial charge >= 0.3 is 145 Å². The molecule has 6 rings (SSSR count). The Morgan fingerprint density at radius 3 is 2.31 bits per heavy atom. The first-order valence-electron chi connectivity index (χ1n) is 10.0. The van der Waals surface area contributed by atoms with Crippen molar-refractivity contribution in [2.45, 2.75) is 10.5 Å². The van der Waals surface area contributed by atoms with Crippen molar-refractivity contribution < 1.29 is 49.5 Å². The molecule has 32 heavy (non-hydrogen) atoms. The van der Waals surface area contributed by atoms with Gasteiger partial charge in [-0.25, -0.2) is 0 Å². The number of fused-ring (bicyclic) bond motifs is 2. The summed E-state index contributed by atoms with van der Waals surface area (Å²) in [5, 5.41) is 0. The molecule has 1 aliphatic heterocycles. The first-order valence-corrected chi connectivity index (χ1v) is 12.3. The van der Waals surface area contributed by atoms with Crippen LogP contribution in [-0.4, -0.2) is 5.71 Å². The zero-order valence-electron chi connectivity index (χ0n) is 17.4. The molecule has 0 fully saturated rings. The van der Waals surface area contributed by atoms with E-state index in [1.807, 2.05) is 30.4 Å². The van der Waals surface area contributed by atoms with E-state index in [1.54, 1.807) is 24.7 Å². The summed E-state index contributed by atoms with van der Waals surface area (Å²) < 4.78 is 0.579. The van der Waals surface area contributed by atoms with Gasteiger partial charge in [-0.1, -0.05) is 12.2 Å². The summed E-state index contributed by atoms with van der Waals surface area (Å²) in [5.41, 5.74) is 9.16. The number of rotatable bonds is 2. The van der Waals surface area contributed by atoms with Crippen molar-refractivity contribution >= 4 is 28.7 Å². The first kappa shape index (κ1) is 24.9. The van der Waals surface area contributed by atoms with E-state index < -0.39 is 0 Å². The molecule has 1 nitrogen and oxygen atoms in total. The van der Waals surface area contributed by atoms with Gasteiger partial charge in [0.1, 0.15) is 0 Å². The van der Waals surface area contributed by atoms with E-state index in [-0.39, 0.29) is 24.8 Å². The average Bonchev–Trinajstić information content (AvgIpc) is 3.53. The summed E-state index contributed by atoms with van der Waals surface area (Å²) in [5.74, 6) is 0. The van der Waals surface area contributed by atoms with Gasteiger partial charge in [0.05, 0.1) is 5.70 Å². The number of halogens is 2. The van der Waals surface area contributed by atoms with Crippen LogP contribution in [0.1, 0.15) is 26.6 Å². The van der Waals surface area contributed by atoms with Gasteiger partial charge in [0, 0.05) is 11.3 Å². The molecular formula is C27H20Cl2NSZr. The monoisotopic (exact) mass is 550 g/mol. The molecule has 3 aromatic rings. The number of allylic oxidation sites excluding steroid dienone is 5. The van der Waals surface area contributed by atoms with Crippen molar-refractivity contribution in [3.8, 4) is 10.4 Å². The van der Waals surface area contributed by atoms with Crippen LogP contribution in [0.4, 0.5) is 0 Å². The third kappa shape index (κ3) is 5.07. The third-order valence-corrected chi connectivity index (χ3v) is 8.08. The molecule has 3 aliphatic rings. The zero-order valence-corrected chi connectivity index (χ0v) is 22.2. The van der Waals surface area contributed by atoms with Gasteiger partial charge in [0.25, 0.3) is 0 Å². The van der Waals surface area contributed by atoms with Gasteiger partial charge in [0.2, 0.25) is 0 Å². The zero-order chi connectivity index (χ0) is 20.5. The quantitative estimate of drug-likeness (QED) is 0.456. The summed E-state index contributed by atoms with van der Waals surface area (Å²) in [6.07, 6.45) is 10.6. The van der Waals surface area contributed by atoms with Crippen LogP contribution < -0.4 is 24.8 Å². The maximum atomic E-state index is 4.27. The molecule has 0 spiro atoms. The molecule has 1 aromatic heterocycles. The predicted octanol–water partition coefficient (Wildman–Crippen LogP) is 1.41. The molecule has 0 amide bonds. The number of nitrogens with zero attached hydrogens (tertiary/aromatic N) is 1. The van der Waals surface area contributed by atoms with E-state index in [0.29, 0.717) is 3.63 Å². The SMILES string of the molecule is CC1=NC2=CC=CC2=C1.[Cl-].[Cl-].[Zr+2][CH]1C(c2ccc(-c3ccccc3)s2)=Cc2ccccc21. The Balaban J connectivity index is 0.000000222. The number of thiophene rings is 1.